The first-order valence-electron chi connectivity index (χ1n) is 7.16. The predicted octanol–water partition coefficient (Wildman–Crippen LogP) is 1.78. The molecule has 1 saturated heterocycles. The van der Waals surface area contributed by atoms with Gasteiger partial charge in [0.1, 0.15) is 0 Å². The zero-order valence-corrected chi connectivity index (χ0v) is 14.7. The molecule has 21 heavy (non-hydrogen) atoms. The standard InChI is InChI=1S/C13H22ClN3O2S2/c1-21(18,19)17-8-6-16(7-9-17)5-3-2-4-13-15-12(10-14)11-20-13/h11H,2-10H2,1H3. The molecule has 2 heterocycles. The number of unbranched alkanes of at least 4 members (excludes halogenated alkanes) is 1. The van der Waals surface area contributed by atoms with E-state index in [9.17, 15) is 8.42 Å². The number of hydrogen-bond donors (Lipinski definition) is 0. The van der Waals surface area contributed by atoms with E-state index in [1.54, 1.807) is 15.6 Å². The van der Waals surface area contributed by atoms with Crippen LogP contribution in [0, 0.1) is 0 Å². The maximum absolute atomic E-state index is 11.4. The Morgan fingerprint density at radius 1 is 1.29 bits per heavy atom. The Morgan fingerprint density at radius 2 is 2.00 bits per heavy atom. The molecule has 0 aliphatic carbocycles. The Hall–Kier alpha value is -0.210. The Labute approximate surface area is 136 Å². The molecule has 8 heteroatoms. The van der Waals surface area contributed by atoms with Gasteiger partial charge in [0.05, 0.1) is 22.8 Å². The second kappa shape index (κ2) is 7.87. The topological polar surface area (TPSA) is 53.5 Å². The molecule has 1 aliphatic rings. The van der Waals surface area contributed by atoms with Gasteiger partial charge in [-0.2, -0.15) is 4.31 Å². The number of aryl methyl sites for hydroxylation is 1. The third-order valence-electron chi connectivity index (χ3n) is 3.65. The second-order valence-corrected chi connectivity index (χ2v) is 8.52. The summed E-state index contributed by atoms with van der Waals surface area (Å²) >= 11 is 7.42. The van der Waals surface area contributed by atoms with E-state index in [4.69, 9.17) is 11.6 Å². The molecule has 0 aromatic carbocycles. The number of nitrogens with zero attached hydrogens (tertiary/aromatic N) is 3. The van der Waals surface area contributed by atoms with Crippen LogP contribution in [0.15, 0.2) is 5.38 Å². The van der Waals surface area contributed by atoms with Gasteiger partial charge in [-0.15, -0.1) is 22.9 Å². The highest BCUT2D eigenvalue weighted by atomic mass is 35.5. The van der Waals surface area contributed by atoms with Crippen molar-refractivity contribution in [1.29, 1.82) is 0 Å². The first kappa shape index (κ1) is 17.1. The average molecular weight is 352 g/mol. The Kier molecular flexibility index (Phi) is 6.43. The lowest BCUT2D eigenvalue weighted by Gasteiger charge is -2.33. The van der Waals surface area contributed by atoms with Crippen molar-refractivity contribution in [3.05, 3.63) is 16.1 Å². The van der Waals surface area contributed by atoms with Crippen LogP contribution in [-0.4, -0.2) is 61.6 Å². The molecule has 0 spiro atoms. The summed E-state index contributed by atoms with van der Waals surface area (Å²) in [6.07, 6.45) is 4.52. The number of rotatable bonds is 7. The summed E-state index contributed by atoms with van der Waals surface area (Å²) in [4.78, 5) is 6.79. The van der Waals surface area contributed by atoms with Crippen LogP contribution in [0.2, 0.25) is 0 Å². The first-order chi connectivity index (χ1) is 9.99. The Morgan fingerprint density at radius 3 is 2.57 bits per heavy atom. The van der Waals surface area contributed by atoms with Crippen LogP contribution in [0.25, 0.3) is 0 Å². The minimum absolute atomic E-state index is 0.487. The minimum Gasteiger partial charge on any atom is -0.301 e. The summed E-state index contributed by atoms with van der Waals surface area (Å²) in [5.41, 5.74) is 0.966. The molecule has 2 rings (SSSR count). The zero-order chi connectivity index (χ0) is 15.3. The summed E-state index contributed by atoms with van der Waals surface area (Å²) in [6.45, 7) is 3.93. The van der Waals surface area contributed by atoms with E-state index in [-0.39, 0.29) is 0 Å². The van der Waals surface area contributed by atoms with Gasteiger partial charge in [0.2, 0.25) is 10.0 Å². The fourth-order valence-corrected chi connectivity index (χ4v) is 4.32. The van der Waals surface area contributed by atoms with Gasteiger partial charge in [-0.05, 0) is 25.8 Å². The molecule has 5 nitrogen and oxygen atoms in total. The second-order valence-electron chi connectivity index (χ2n) is 5.33. The van der Waals surface area contributed by atoms with Crippen LogP contribution < -0.4 is 0 Å². The van der Waals surface area contributed by atoms with Crippen LogP contribution >= 0.6 is 22.9 Å². The summed E-state index contributed by atoms with van der Waals surface area (Å²) in [5.74, 6) is 0.487. The van der Waals surface area contributed by atoms with Crippen molar-refractivity contribution in [2.45, 2.75) is 25.1 Å². The average Bonchev–Trinajstić information content (AvgIpc) is 2.91. The quantitative estimate of drug-likeness (QED) is 0.555. The van der Waals surface area contributed by atoms with Crippen molar-refractivity contribution in [2.24, 2.45) is 0 Å². The van der Waals surface area contributed by atoms with E-state index in [0.29, 0.717) is 19.0 Å². The lowest BCUT2D eigenvalue weighted by atomic mass is 10.2. The van der Waals surface area contributed by atoms with Gasteiger partial charge in [-0.25, -0.2) is 13.4 Å². The molecule has 0 unspecified atom stereocenters. The SMILES string of the molecule is CS(=O)(=O)N1CCN(CCCCc2nc(CCl)cs2)CC1. The molecule has 1 fully saturated rings. The lowest BCUT2D eigenvalue weighted by molar-refractivity contribution is 0.186. The van der Waals surface area contributed by atoms with Crippen molar-refractivity contribution in [3.8, 4) is 0 Å². The zero-order valence-electron chi connectivity index (χ0n) is 12.3. The molecule has 0 radical (unpaired) electrons. The smallest absolute Gasteiger partial charge is 0.211 e. The van der Waals surface area contributed by atoms with Gasteiger partial charge in [0.15, 0.2) is 0 Å². The van der Waals surface area contributed by atoms with E-state index < -0.39 is 10.0 Å². The third kappa shape index (κ3) is 5.49. The fraction of sp³-hybridized carbons (Fsp3) is 0.769. The predicted molar refractivity (Wildman–Crippen MR) is 87.5 cm³/mol. The highest BCUT2D eigenvalue weighted by Gasteiger charge is 2.22. The number of sulfonamides is 1. The summed E-state index contributed by atoms with van der Waals surface area (Å²) in [5, 5.41) is 3.18. The highest BCUT2D eigenvalue weighted by molar-refractivity contribution is 7.88. The van der Waals surface area contributed by atoms with Crippen molar-refractivity contribution >= 4 is 33.0 Å². The summed E-state index contributed by atoms with van der Waals surface area (Å²) in [7, 11) is -3.02. The Bertz CT molecular complexity index is 539. The van der Waals surface area contributed by atoms with Crippen LogP contribution in [-0.2, 0) is 22.3 Å². The molecule has 1 aliphatic heterocycles. The number of thiazole rings is 1. The van der Waals surface area contributed by atoms with Crippen LogP contribution in [0.3, 0.4) is 0 Å². The summed E-state index contributed by atoms with van der Waals surface area (Å²) in [6, 6.07) is 0. The van der Waals surface area contributed by atoms with Crippen molar-refractivity contribution in [3.63, 3.8) is 0 Å². The summed E-state index contributed by atoms with van der Waals surface area (Å²) < 4.78 is 24.4. The van der Waals surface area contributed by atoms with Gasteiger partial charge in [-0.1, -0.05) is 0 Å². The number of hydrogen-bond acceptors (Lipinski definition) is 5. The van der Waals surface area contributed by atoms with E-state index >= 15 is 0 Å². The molecule has 1 aromatic rings. The van der Waals surface area contributed by atoms with Gasteiger partial charge in [0, 0.05) is 31.6 Å². The van der Waals surface area contributed by atoms with Crippen molar-refractivity contribution < 1.29 is 8.42 Å². The van der Waals surface area contributed by atoms with Crippen LogP contribution in [0.4, 0.5) is 0 Å². The first-order valence-corrected chi connectivity index (χ1v) is 10.4. The van der Waals surface area contributed by atoms with Gasteiger partial charge < -0.3 is 4.90 Å². The molecule has 0 N–H and O–H groups in total. The molecule has 120 valence electrons. The van der Waals surface area contributed by atoms with Crippen LogP contribution in [0.5, 0.6) is 0 Å². The van der Waals surface area contributed by atoms with E-state index in [2.05, 4.69) is 9.88 Å². The van der Waals surface area contributed by atoms with E-state index in [1.165, 1.54) is 6.26 Å². The number of alkyl halides is 1. The highest BCUT2D eigenvalue weighted by Crippen LogP contribution is 2.14. The minimum atomic E-state index is -3.02. The molecule has 0 bridgehead atoms. The fourth-order valence-electron chi connectivity index (χ4n) is 2.42. The molecular weight excluding hydrogens is 330 g/mol. The van der Waals surface area contributed by atoms with Crippen LogP contribution in [0.1, 0.15) is 23.5 Å². The number of halogens is 1. The normalized spacial score (nSPS) is 18.2. The lowest BCUT2D eigenvalue weighted by Crippen LogP contribution is -2.48. The molecule has 0 saturated carbocycles. The van der Waals surface area contributed by atoms with Gasteiger partial charge in [0.25, 0.3) is 0 Å². The molecule has 1 aromatic heterocycles. The van der Waals surface area contributed by atoms with Gasteiger partial charge in [-0.3, -0.25) is 0 Å². The van der Waals surface area contributed by atoms with E-state index in [1.807, 2.05) is 5.38 Å². The monoisotopic (exact) mass is 351 g/mol. The largest absolute Gasteiger partial charge is 0.301 e. The maximum atomic E-state index is 11.4. The number of piperazine rings is 1. The Balaban J connectivity index is 1.62. The van der Waals surface area contributed by atoms with Gasteiger partial charge >= 0.3 is 0 Å². The maximum Gasteiger partial charge on any atom is 0.211 e. The van der Waals surface area contributed by atoms with E-state index in [0.717, 1.165) is 49.6 Å². The molecule has 0 amide bonds. The molecular formula is C13H22ClN3O2S2. The van der Waals surface area contributed by atoms with Crippen molar-refractivity contribution in [1.82, 2.24) is 14.2 Å². The molecule has 0 atom stereocenters. The third-order valence-corrected chi connectivity index (χ3v) is 6.19. The number of aromatic nitrogens is 1. The van der Waals surface area contributed by atoms with Crippen molar-refractivity contribution in [2.75, 3.05) is 39.0 Å².